The second-order valence-electron chi connectivity index (χ2n) is 7.97. The minimum atomic E-state index is -5.07. The topological polar surface area (TPSA) is 95.3 Å². The molecule has 2 aromatic carbocycles. The molecular formula is C23H22F6N4O3. The lowest BCUT2D eigenvalue weighted by molar-refractivity contribution is -0.276. The summed E-state index contributed by atoms with van der Waals surface area (Å²) in [6, 6.07) is 7.20. The highest BCUT2D eigenvalue weighted by atomic mass is 19.4. The van der Waals surface area contributed by atoms with Gasteiger partial charge in [0.15, 0.2) is 5.84 Å². The molecule has 0 fully saturated rings. The first kappa shape index (κ1) is 27.0. The van der Waals surface area contributed by atoms with Gasteiger partial charge in [0.2, 0.25) is 5.91 Å². The number of hydrogen-bond donors (Lipinski definition) is 3. The van der Waals surface area contributed by atoms with Crippen molar-refractivity contribution in [1.29, 1.82) is 0 Å². The van der Waals surface area contributed by atoms with Crippen molar-refractivity contribution in [2.75, 3.05) is 13.1 Å². The van der Waals surface area contributed by atoms with Gasteiger partial charge in [-0.1, -0.05) is 29.4 Å². The molecule has 7 nitrogen and oxygen atoms in total. The molecule has 0 bridgehead atoms. The van der Waals surface area contributed by atoms with Crippen LogP contribution in [0, 0.1) is 6.92 Å². The Kier molecular flexibility index (Phi) is 7.62. The van der Waals surface area contributed by atoms with Crippen molar-refractivity contribution >= 4 is 17.5 Å². The van der Waals surface area contributed by atoms with Crippen LogP contribution in [0.4, 0.5) is 26.3 Å². The normalized spacial score (nSPS) is 18.5. The molecule has 0 saturated carbocycles. The van der Waals surface area contributed by atoms with Crippen LogP contribution in [0.3, 0.4) is 0 Å². The first-order valence-corrected chi connectivity index (χ1v) is 10.6. The Bertz CT molecular complexity index is 1190. The van der Waals surface area contributed by atoms with Crippen molar-refractivity contribution in [3.05, 3.63) is 70.3 Å². The number of halogens is 6. The summed E-state index contributed by atoms with van der Waals surface area (Å²) in [7, 11) is 0. The van der Waals surface area contributed by atoms with Crippen molar-refractivity contribution in [3.63, 3.8) is 0 Å². The molecule has 1 heterocycles. The summed E-state index contributed by atoms with van der Waals surface area (Å²) in [6.45, 7) is 3.45. The van der Waals surface area contributed by atoms with Crippen LogP contribution in [-0.4, -0.2) is 41.9 Å². The highest BCUT2D eigenvalue weighted by Crippen LogP contribution is 2.49. The van der Waals surface area contributed by atoms with Crippen LogP contribution >= 0.6 is 0 Å². The zero-order chi connectivity index (χ0) is 26.7. The molecule has 0 spiro atoms. The van der Waals surface area contributed by atoms with E-state index in [0.717, 1.165) is 12.1 Å². The number of likely N-dealkylation sites (N-methyl/N-ethyl adjacent to an activating group) is 1. The summed E-state index contributed by atoms with van der Waals surface area (Å²) in [6.07, 6.45) is -10.8. The number of nitrogens with one attached hydrogen (secondary N) is 2. The number of carbonyl (C=O) groups excluding carboxylic acids is 1. The SMILES string of the molecule is CCNC(=O)CN=C(NO)c1ccc(C2=NOC(c3cccc(C(F)(F)F)c3)(C(F)(F)F)C2)cc1C. The summed E-state index contributed by atoms with van der Waals surface area (Å²) in [5.41, 5.74) is -2.23. The van der Waals surface area contributed by atoms with E-state index in [2.05, 4.69) is 15.5 Å². The molecule has 3 rings (SSSR count). The number of alkyl halides is 6. The fourth-order valence-electron chi connectivity index (χ4n) is 3.70. The van der Waals surface area contributed by atoms with Crippen LogP contribution in [0.25, 0.3) is 0 Å². The van der Waals surface area contributed by atoms with E-state index >= 15 is 0 Å². The number of aryl methyl sites for hydroxylation is 1. The lowest BCUT2D eigenvalue weighted by Crippen LogP contribution is -2.42. The Balaban J connectivity index is 1.92. The molecule has 1 aliphatic heterocycles. The zero-order valence-electron chi connectivity index (χ0n) is 19.1. The van der Waals surface area contributed by atoms with Gasteiger partial charge in [-0.2, -0.15) is 26.3 Å². The predicted molar refractivity (Wildman–Crippen MR) is 118 cm³/mol. The Morgan fingerprint density at radius 2 is 1.89 bits per heavy atom. The number of aliphatic imine (C=N–C) groups is 1. The molecule has 0 saturated heterocycles. The molecule has 194 valence electrons. The van der Waals surface area contributed by atoms with E-state index in [-0.39, 0.29) is 29.6 Å². The average molecular weight is 516 g/mol. The third kappa shape index (κ3) is 5.45. The van der Waals surface area contributed by atoms with Crippen LogP contribution in [0.15, 0.2) is 52.6 Å². The number of amidine groups is 1. The van der Waals surface area contributed by atoms with Crippen LogP contribution in [0.1, 0.15) is 41.2 Å². The Morgan fingerprint density at radius 3 is 2.47 bits per heavy atom. The number of oxime groups is 1. The summed E-state index contributed by atoms with van der Waals surface area (Å²) in [5, 5.41) is 15.6. The number of amides is 1. The fraction of sp³-hybridized carbons (Fsp3) is 0.348. The lowest BCUT2D eigenvalue weighted by Gasteiger charge is -2.30. The molecule has 0 radical (unpaired) electrons. The molecule has 0 aliphatic carbocycles. The maximum absolute atomic E-state index is 14.2. The van der Waals surface area contributed by atoms with Gasteiger partial charge in [-0.25, -0.2) is 0 Å². The number of nitrogens with zero attached hydrogens (tertiary/aromatic N) is 2. The first-order valence-electron chi connectivity index (χ1n) is 10.6. The number of hydroxylamine groups is 1. The van der Waals surface area contributed by atoms with Gasteiger partial charge < -0.3 is 10.2 Å². The maximum Gasteiger partial charge on any atom is 0.435 e. The van der Waals surface area contributed by atoms with Crippen molar-refractivity contribution < 1.29 is 41.2 Å². The minimum absolute atomic E-state index is 0.0384. The van der Waals surface area contributed by atoms with Gasteiger partial charge >= 0.3 is 12.4 Å². The van der Waals surface area contributed by atoms with Crippen molar-refractivity contribution in [2.45, 2.75) is 38.2 Å². The molecule has 3 N–H and O–H groups in total. The van der Waals surface area contributed by atoms with E-state index in [1.165, 1.54) is 18.2 Å². The smallest absolute Gasteiger partial charge is 0.374 e. The van der Waals surface area contributed by atoms with E-state index < -0.39 is 35.5 Å². The summed E-state index contributed by atoms with van der Waals surface area (Å²) >= 11 is 0. The van der Waals surface area contributed by atoms with Crippen molar-refractivity contribution in [1.82, 2.24) is 10.8 Å². The van der Waals surface area contributed by atoms with E-state index in [4.69, 9.17) is 4.84 Å². The van der Waals surface area contributed by atoms with Crippen LogP contribution < -0.4 is 10.8 Å². The Labute approximate surface area is 201 Å². The lowest BCUT2D eigenvalue weighted by atomic mass is 9.85. The van der Waals surface area contributed by atoms with E-state index in [1.54, 1.807) is 13.8 Å². The molecule has 2 aromatic rings. The molecule has 13 heteroatoms. The van der Waals surface area contributed by atoms with Gasteiger partial charge in [-0.05, 0) is 43.2 Å². The number of hydrogen-bond acceptors (Lipinski definition) is 5. The molecule has 1 unspecified atom stereocenters. The van der Waals surface area contributed by atoms with Crippen LogP contribution in [-0.2, 0) is 21.4 Å². The third-order valence-corrected chi connectivity index (χ3v) is 5.52. The van der Waals surface area contributed by atoms with Gasteiger partial charge in [0, 0.05) is 24.1 Å². The number of benzene rings is 2. The highest BCUT2D eigenvalue weighted by molar-refractivity contribution is 6.04. The molecule has 1 aliphatic rings. The van der Waals surface area contributed by atoms with E-state index in [9.17, 15) is 36.3 Å². The largest absolute Gasteiger partial charge is 0.435 e. The summed E-state index contributed by atoms with van der Waals surface area (Å²) in [4.78, 5) is 20.4. The van der Waals surface area contributed by atoms with E-state index in [1.807, 2.05) is 5.48 Å². The van der Waals surface area contributed by atoms with Gasteiger partial charge in [0.1, 0.15) is 6.54 Å². The Hall–Kier alpha value is -3.61. The zero-order valence-corrected chi connectivity index (χ0v) is 19.1. The standard InChI is InChI=1S/C23H22F6N4O3/c1-3-30-19(34)12-31-20(32-35)17-8-7-14(9-13(17)2)18-11-21(36-33-18,23(27,28)29)15-5-4-6-16(10-15)22(24,25)26/h4-10,35H,3,11-12H2,1-2H3,(H,30,34)(H,31,32). The third-order valence-electron chi connectivity index (χ3n) is 5.52. The molecule has 1 atom stereocenters. The molecular weight excluding hydrogens is 494 g/mol. The van der Waals surface area contributed by atoms with Crippen LogP contribution in [0.5, 0.6) is 0 Å². The minimum Gasteiger partial charge on any atom is -0.374 e. The predicted octanol–water partition coefficient (Wildman–Crippen LogP) is 4.46. The van der Waals surface area contributed by atoms with Gasteiger partial charge in [-0.15, -0.1) is 0 Å². The van der Waals surface area contributed by atoms with E-state index in [0.29, 0.717) is 29.8 Å². The highest BCUT2D eigenvalue weighted by Gasteiger charge is 2.62. The monoisotopic (exact) mass is 516 g/mol. The maximum atomic E-state index is 14.2. The molecule has 0 aromatic heterocycles. The molecule has 36 heavy (non-hydrogen) atoms. The average Bonchev–Trinajstić information content (AvgIpc) is 3.27. The fourth-order valence-corrected chi connectivity index (χ4v) is 3.70. The number of rotatable bonds is 6. The quantitative estimate of drug-likeness (QED) is 0.229. The Morgan fingerprint density at radius 1 is 1.17 bits per heavy atom. The second-order valence-corrected chi connectivity index (χ2v) is 7.97. The van der Waals surface area contributed by atoms with Crippen molar-refractivity contribution in [2.24, 2.45) is 10.1 Å². The van der Waals surface area contributed by atoms with Crippen molar-refractivity contribution in [3.8, 4) is 0 Å². The van der Waals surface area contributed by atoms with Gasteiger partial charge in [0.05, 0.1) is 11.3 Å². The van der Waals surface area contributed by atoms with Gasteiger partial charge in [0.25, 0.3) is 5.60 Å². The van der Waals surface area contributed by atoms with Crippen LogP contribution in [0.2, 0.25) is 0 Å². The number of carbonyl (C=O) groups is 1. The second kappa shape index (κ2) is 10.2. The van der Waals surface area contributed by atoms with Gasteiger partial charge in [-0.3, -0.25) is 20.5 Å². The molecule has 1 amide bonds. The summed E-state index contributed by atoms with van der Waals surface area (Å²) < 4.78 is 81.8. The summed E-state index contributed by atoms with van der Waals surface area (Å²) in [5.74, 6) is -0.418. The first-order chi connectivity index (χ1) is 16.8.